The zero-order valence-electron chi connectivity index (χ0n) is 8.90. The smallest absolute Gasteiger partial charge is 0.133 e. The number of halogens is 4. The van der Waals surface area contributed by atoms with E-state index in [2.05, 4.69) is 0 Å². The zero-order chi connectivity index (χ0) is 12.6. The average Bonchev–Trinajstić information content (AvgIpc) is 2.27. The van der Waals surface area contributed by atoms with Gasteiger partial charge in [-0.2, -0.15) is 0 Å². The third kappa shape index (κ3) is 2.42. The van der Waals surface area contributed by atoms with Crippen LogP contribution in [0.4, 0.5) is 4.39 Å². The number of hydrogen-bond acceptors (Lipinski definition) is 0. The monoisotopic (exact) mass is 288 g/mol. The van der Waals surface area contributed by atoms with E-state index in [1.54, 1.807) is 31.2 Å². The van der Waals surface area contributed by atoms with E-state index in [1.807, 2.05) is 0 Å². The number of benzene rings is 2. The van der Waals surface area contributed by atoms with Crippen molar-refractivity contribution in [2.45, 2.75) is 6.92 Å². The van der Waals surface area contributed by atoms with Crippen molar-refractivity contribution in [1.82, 2.24) is 0 Å². The van der Waals surface area contributed by atoms with Crippen molar-refractivity contribution in [1.29, 1.82) is 0 Å². The molecule has 88 valence electrons. The highest BCUT2D eigenvalue weighted by Crippen LogP contribution is 2.37. The van der Waals surface area contributed by atoms with E-state index in [0.29, 0.717) is 31.8 Å². The van der Waals surface area contributed by atoms with Gasteiger partial charge in [-0.25, -0.2) is 4.39 Å². The third-order valence-electron chi connectivity index (χ3n) is 2.47. The molecule has 0 aliphatic rings. The van der Waals surface area contributed by atoms with Crippen LogP contribution < -0.4 is 0 Å². The first kappa shape index (κ1) is 12.7. The zero-order valence-corrected chi connectivity index (χ0v) is 11.2. The fourth-order valence-electron chi connectivity index (χ4n) is 1.61. The summed E-state index contributed by atoms with van der Waals surface area (Å²) in [4.78, 5) is 0. The SMILES string of the molecule is Cc1cccc(-c2cc(Cl)cc(Cl)c2Cl)c1F. The molecular weight excluding hydrogens is 281 g/mol. The molecule has 0 spiro atoms. The minimum absolute atomic E-state index is 0.306. The first-order chi connectivity index (χ1) is 8.00. The van der Waals surface area contributed by atoms with Crippen LogP contribution in [0.1, 0.15) is 5.56 Å². The molecule has 0 heterocycles. The van der Waals surface area contributed by atoms with E-state index in [-0.39, 0.29) is 5.82 Å². The summed E-state index contributed by atoms with van der Waals surface area (Å²) < 4.78 is 14.0. The Kier molecular flexibility index (Phi) is 3.62. The lowest BCUT2D eigenvalue weighted by atomic mass is 10.0. The first-order valence-corrected chi connectivity index (χ1v) is 6.04. The summed E-state index contributed by atoms with van der Waals surface area (Å²) in [5.74, 6) is -0.312. The van der Waals surface area contributed by atoms with Crippen molar-refractivity contribution in [2.24, 2.45) is 0 Å². The van der Waals surface area contributed by atoms with Gasteiger partial charge in [0.15, 0.2) is 0 Å². The summed E-state index contributed by atoms with van der Waals surface area (Å²) in [6, 6.07) is 8.24. The fraction of sp³-hybridized carbons (Fsp3) is 0.0769. The summed E-state index contributed by atoms with van der Waals surface area (Å²) in [7, 11) is 0. The Balaban J connectivity index is 2.73. The Morgan fingerprint density at radius 1 is 1.00 bits per heavy atom. The Hall–Kier alpha value is -0.760. The van der Waals surface area contributed by atoms with Crippen LogP contribution in [0.15, 0.2) is 30.3 Å². The van der Waals surface area contributed by atoms with Gasteiger partial charge in [-0.15, -0.1) is 0 Å². The summed E-state index contributed by atoms with van der Waals surface area (Å²) in [5.41, 5.74) is 1.46. The van der Waals surface area contributed by atoms with Crippen LogP contribution in [-0.4, -0.2) is 0 Å². The molecule has 0 unspecified atom stereocenters. The molecule has 2 rings (SSSR count). The van der Waals surface area contributed by atoms with Crippen LogP contribution in [0.25, 0.3) is 11.1 Å². The largest absolute Gasteiger partial charge is 0.206 e. The molecule has 2 aromatic carbocycles. The molecule has 0 atom stereocenters. The van der Waals surface area contributed by atoms with Crippen LogP contribution in [0.2, 0.25) is 15.1 Å². The highest BCUT2D eigenvalue weighted by molar-refractivity contribution is 6.45. The topological polar surface area (TPSA) is 0 Å². The second kappa shape index (κ2) is 4.85. The van der Waals surface area contributed by atoms with Gasteiger partial charge in [-0.05, 0) is 24.6 Å². The highest BCUT2D eigenvalue weighted by Gasteiger charge is 2.13. The van der Waals surface area contributed by atoms with Crippen LogP contribution in [0.3, 0.4) is 0 Å². The fourth-order valence-corrected chi connectivity index (χ4v) is 2.31. The minimum atomic E-state index is -0.312. The van der Waals surface area contributed by atoms with Crippen molar-refractivity contribution in [2.75, 3.05) is 0 Å². The molecule has 4 heteroatoms. The molecule has 17 heavy (non-hydrogen) atoms. The molecule has 0 saturated heterocycles. The van der Waals surface area contributed by atoms with Gasteiger partial charge in [0.05, 0.1) is 10.0 Å². The standard InChI is InChI=1S/C13H8Cl3F/c1-7-3-2-4-9(13(7)17)10-5-8(14)6-11(15)12(10)16/h2-6H,1H3. The van der Waals surface area contributed by atoms with E-state index < -0.39 is 0 Å². The molecule has 0 amide bonds. The Morgan fingerprint density at radius 3 is 2.41 bits per heavy atom. The van der Waals surface area contributed by atoms with Crippen LogP contribution >= 0.6 is 34.8 Å². The average molecular weight is 290 g/mol. The van der Waals surface area contributed by atoms with Crippen molar-refractivity contribution < 1.29 is 4.39 Å². The summed E-state index contributed by atoms with van der Waals surface area (Å²) in [5, 5.41) is 1.05. The quantitative estimate of drug-likeness (QED) is 0.585. The first-order valence-electron chi connectivity index (χ1n) is 4.90. The van der Waals surface area contributed by atoms with Gasteiger partial charge in [-0.1, -0.05) is 53.0 Å². The van der Waals surface area contributed by atoms with Crippen LogP contribution in [0.5, 0.6) is 0 Å². The maximum absolute atomic E-state index is 14.0. The van der Waals surface area contributed by atoms with Crippen molar-refractivity contribution >= 4 is 34.8 Å². The lowest BCUT2D eigenvalue weighted by molar-refractivity contribution is 0.622. The molecule has 0 aliphatic carbocycles. The second-order valence-corrected chi connectivity index (χ2v) is 4.91. The lowest BCUT2D eigenvalue weighted by Crippen LogP contribution is -1.89. The van der Waals surface area contributed by atoms with E-state index in [4.69, 9.17) is 34.8 Å². The third-order valence-corrected chi connectivity index (χ3v) is 3.50. The predicted molar refractivity (Wildman–Crippen MR) is 71.6 cm³/mol. The molecule has 0 bridgehead atoms. The van der Waals surface area contributed by atoms with E-state index >= 15 is 0 Å². The Labute approximate surface area is 114 Å². The van der Waals surface area contributed by atoms with Gasteiger partial charge in [0.2, 0.25) is 0 Å². The molecule has 0 radical (unpaired) electrons. The van der Waals surface area contributed by atoms with E-state index in [1.165, 1.54) is 6.07 Å². The Morgan fingerprint density at radius 2 is 1.71 bits per heavy atom. The number of rotatable bonds is 1. The van der Waals surface area contributed by atoms with Crippen LogP contribution in [0, 0.1) is 12.7 Å². The lowest BCUT2D eigenvalue weighted by Gasteiger charge is -2.09. The molecule has 0 nitrogen and oxygen atoms in total. The van der Waals surface area contributed by atoms with Gasteiger partial charge < -0.3 is 0 Å². The van der Waals surface area contributed by atoms with E-state index in [9.17, 15) is 4.39 Å². The van der Waals surface area contributed by atoms with E-state index in [0.717, 1.165) is 0 Å². The second-order valence-electron chi connectivity index (χ2n) is 3.69. The molecule has 0 aromatic heterocycles. The van der Waals surface area contributed by atoms with Gasteiger partial charge in [0.25, 0.3) is 0 Å². The van der Waals surface area contributed by atoms with Crippen LogP contribution in [-0.2, 0) is 0 Å². The summed E-state index contributed by atoms with van der Waals surface area (Å²) in [6.07, 6.45) is 0. The van der Waals surface area contributed by atoms with Gasteiger partial charge in [0.1, 0.15) is 5.82 Å². The molecule has 0 fully saturated rings. The van der Waals surface area contributed by atoms with Crippen molar-refractivity contribution in [3.8, 4) is 11.1 Å². The van der Waals surface area contributed by atoms with Gasteiger partial charge in [0, 0.05) is 16.1 Å². The highest BCUT2D eigenvalue weighted by atomic mass is 35.5. The van der Waals surface area contributed by atoms with Gasteiger partial charge in [-0.3, -0.25) is 0 Å². The maximum atomic E-state index is 14.0. The normalized spacial score (nSPS) is 10.6. The minimum Gasteiger partial charge on any atom is -0.206 e. The number of hydrogen-bond donors (Lipinski definition) is 0. The molecule has 2 aromatic rings. The molecule has 0 saturated carbocycles. The molecular formula is C13H8Cl3F. The maximum Gasteiger partial charge on any atom is 0.133 e. The summed E-state index contributed by atoms with van der Waals surface area (Å²) in [6.45, 7) is 1.69. The van der Waals surface area contributed by atoms with Gasteiger partial charge >= 0.3 is 0 Å². The van der Waals surface area contributed by atoms with Crippen molar-refractivity contribution in [3.05, 3.63) is 56.8 Å². The number of aryl methyl sites for hydroxylation is 1. The van der Waals surface area contributed by atoms with Crippen molar-refractivity contribution in [3.63, 3.8) is 0 Å². The molecule has 0 aliphatic heterocycles. The Bertz CT molecular complexity index is 579. The predicted octanol–water partition coefficient (Wildman–Crippen LogP) is 5.76. The summed E-state index contributed by atoms with van der Waals surface area (Å²) >= 11 is 17.9. The molecule has 0 N–H and O–H groups in total.